The Kier molecular flexibility index (Phi) is 6.45. The topological polar surface area (TPSA) is 58.6 Å². The van der Waals surface area contributed by atoms with E-state index in [2.05, 4.69) is 5.32 Å². The lowest BCUT2D eigenvalue weighted by molar-refractivity contribution is -0.123. The second kappa shape index (κ2) is 7.85. The van der Waals surface area contributed by atoms with Gasteiger partial charge in [0.2, 0.25) is 0 Å². The van der Waals surface area contributed by atoms with Gasteiger partial charge in [0, 0.05) is 11.6 Å². The lowest BCUT2D eigenvalue weighted by Gasteiger charge is -2.15. The van der Waals surface area contributed by atoms with Crippen LogP contribution in [0.1, 0.15) is 45.3 Å². The summed E-state index contributed by atoms with van der Waals surface area (Å²) in [5, 5.41) is 12.4. The van der Waals surface area contributed by atoms with Crippen molar-refractivity contribution < 1.29 is 19.0 Å². The zero-order valence-corrected chi connectivity index (χ0v) is 12.1. The summed E-state index contributed by atoms with van der Waals surface area (Å²) in [6, 6.07) is 3.96. The molecular formula is C15H22FNO3. The van der Waals surface area contributed by atoms with Gasteiger partial charge in [-0.3, -0.25) is 4.79 Å². The SMILES string of the molecule is CCCC(C)NC(=O)COc1ccc(F)cc1C(C)O. The molecule has 1 amide bonds. The molecule has 0 fully saturated rings. The number of rotatable bonds is 7. The maximum Gasteiger partial charge on any atom is 0.258 e. The third kappa shape index (κ3) is 5.17. The number of ether oxygens (including phenoxy) is 1. The highest BCUT2D eigenvalue weighted by molar-refractivity contribution is 5.77. The van der Waals surface area contributed by atoms with Gasteiger partial charge in [-0.25, -0.2) is 4.39 Å². The van der Waals surface area contributed by atoms with E-state index < -0.39 is 11.9 Å². The molecule has 2 N–H and O–H groups in total. The van der Waals surface area contributed by atoms with Gasteiger partial charge >= 0.3 is 0 Å². The van der Waals surface area contributed by atoms with Crippen LogP contribution < -0.4 is 10.1 Å². The second-order valence-electron chi connectivity index (χ2n) is 4.90. The molecular weight excluding hydrogens is 261 g/mol. The Labute approximate surface area is 119 Å². The smallest absolute Gasteiger partial charge is 0.258 e. The van der Waals surface area contributed by atoms with Crippen LogP contribution in [-0.4, -0.2) is 23.7 Å². The quantitative estimate of drug-likeness (QED) is 0.808. The minimum atomic E-state index is -0.859. The molecule has 5 heteroatoms. The number of amides is 1. The van der Waals surface area contributed by atoms with Crippen LogP contribution in [0.5, 0.6) is 5.75 Å². The maximum atomic E-state index is 13.1. The summed E-state index contributed by atoms with van der Waals surface area (Å²) >= 11 is 0. The number of nitrogens with one attached hydrogen (secondary N) is 1. The number of carbonyl (C=O) groups is 1. The minimum absolute atomic E-state index is 0.0977. The predicted molar refractivity (Wildman–Crippen MR) is 75.0 cm³/mol. The molecule has 112 valence electrons. The summed E-state index contributed by atoms with van der Waals surface area (Å²) < 4.78 is 18.5. The van der Waals surface area contributed by atoms with Crippen molar-refractivity contribution in [1.82, 2.24) is 5.32 Å². The Morgan fingerprint density at radius 1 is 1.45 bits per heavy atom. The summed E-state index contributed by atoms with van der Waals surface area (Å²) in [5.41, 5.74) is 0.333. The van der Waals surface area contributed by atoms with Gasteiger partial charge in [0.25, 0.3) is 5.91 Å². The van der Waals surface area contributed by atoms with Crippen LogP contribution in [0.3, 0.4) is 0 Å². The lowest BCUT2D eigenvalue weighted by Crippen LogP contribution is -2.36. The number of aliphatic hydroxyl groups is 1. The molecule has 1 aromatic carbocycles. The van der Waals surface area contributed by atoms with Crippen LogP contribution in [0.2, 0.25) is 0 Å². The number of benzene rings is 1. The monoisotopic (exact) mass is 283 g/mol. The number of carbonyl (C=O) groups excluding carboxylic acids is 1. The molecule has 0 aliphatic carbocycles. The highest BCUT2D eigenvalue weighted by Gasteiger charge is 2.13. The van der Waals surface area contributed by atoms with E-state index >= 15 is 0 Å². The molecule has 0 radical (unpaired) electrons. The third-order valence-electron chi connectivity index (χ3n) is 2.91. The van der Waals surface area contributed by atoms with Crippen LogP contribution in [0, 0.1) is 5.82 Å². The van der Waals surface area contributed by atoms with E-state index in [0.29, 0.717) is 11.3 Å². The van der Waals surface area contributed by atoms with E-state index in [-0.39, 0.29) is 18.6 Å². The van der Waals surface area contributed by atoms with Crippen molar-refractivity contribution in [3.8, 4) is 5.75 Å². The molecule has 0 aromatic heterocycles. The lowest BCUT2D eigenvalue weighted by atomic mass is 10.1. The van der Waals surface area contributed by atoms with E-state index in [1.165, 1.54) is 25.1 Å². The summed E-state index contributed by atoms with van der Waals surface area (Å²) in [4.78, 5) is 11.7. The minimum Gasteiger partial charge on any atom is -0.483 e. The zero-order chi connectivity index (χ0) is 15.1. The van der Waals surface area contributed by atoms with Crippen molar-refractivity contribution in [2.45, 2.75) is 45.8 Å². The first-order chi connectivity index (χ1) is 9.43. The van der Waals surface area contributed by atoms with Gasteiger partial charge in [-0.2, -0.15) is 0 Å². The Morgan fingerprint density at radius 2 is 2.15 bits per heavy atom. The molecule has 0 spiro atoms. The van der Waals surface area contributed by atoms with Crippen LogP contribution in [0.15, 0.2) is 18.2 Å². The van der Waals surface area contributed by atoms with E-state index in [0.717, 1.165) is 12.8 Å². The molecule has 0 aliphatic rings. The van der Waals surface area contributed by atoms with Crippen LogP contribution in [0.25, 0.3) is 0 Å². The van der Waals surface area contributed by atoms with E-state index in [4.69, 9.17) is 4.74 Å². The Hall–Kier alpha value is -1.62. The summed E-state index contributed by atoms with van der Waals surface area (Å²) in [5.74, 6) is -0.360. The fraction of sp³-hybridized carbons (Fsp3) is 0.533. The number of halogens is 1. The van der Waals surface area contributed by atoms with Crippen molar-refractivity contribution in [3.63, 3.8) is 0 Å². The van der Waals surface area contributed by atoms with Gasteiger partial charge in [-0.15, -0.1) is 0 Å². The zero-order valence-electron chi connectivity index (χ0n) is 12.1. The van der Waals surface area contributed by atoms with Crippen LogP contribution in [0.4, 0.5) is 4.39 Å². The molecule has 2 unspecified atom stereocenters. The fourth-order valence-corrected chi connectivity index (χ4v) is 1.94. The van der Waals surface area contributed by atoms with E-state index in [1.807, 2.05) is 13.8 Å². The van der Waals surface area contributed by atoms with Gasteiger partial charge in [-0.05, 0) is 38.5 Å². The Morgan fingerprint density at radius 3 is 2.75 bits per heavy atom. The Balaban J connectivity index is 2.59. The molecule has 0 aliphatic heterocycles. The number of aliphatic hydroxyl groups excluding tert-OH is 1. The van der Waals surface area contributed by atoms with Gasteiger partial charge in [0.15, 0.2) is 6.61 Å². The molecule has 0 bridgehead atoms. The normalized spacial score (nSPS) is 13.7. The molecule has 1 aromatic rings. The van der Waals surface area contributed by atoms with Crippen LogP contribution >= 0.6 is 0 Å². The highest BCUT2D eigenvalue weighted by Crippen LogP contribution is 2.25. The maximum absolute atomic E-state index is 13.1. The van der Waals surface area contributed by atoms with Crippen molar-refractivity contribution in [2.24, 2.45) is 0 Å². The largest absolute Gasteiger partial charge is 0.483 e. The molecule has 2 atom stereocenters. The van der Waals surface area contributed by atoms with Crippen LogP contribution in [-0.2, 0) is 4.79 Å². The fourth-order valence-electron chi connectivity index (χ4n) is 1.94. The first-order valence-electron chi connectivity index (χ1n) is 6.83. The first-order valence-corrected chi connectivity index (χ1v) is 6.83. The third-order valence-corrected chi connectivity index (χ3v) is 2.91. The molecule has 20 heavy (non-hydrogen) atoms. The predicted octanol–water partition coefficient (Wildman–Crippen LogP) is 2.56. The highest BCUT2D eigenvalue weighted by atomic mass is 19.1. The summed E-state index contributed by atoms with van der Waals surface area (Å²) in [6.45, 7) is 5.34. The van der Waals surface area contributed by atoms with Crippen molar-refractivity contribution in [3.05, 3.63) is 29.6 Å². The van der Waals surface area contributed by atoms with Crippen molar-refractivity contribution >= 4 is 5.91 Å². The average Bonchev–Trinajstić information content (AvgIpc) is 2.37. The second-order valence-corrected chi connectivity index (χ2v) is 4.90. The van der Waals surface area contributed by atoms with E-state index in [9.17, 15) is 14.3 Å². The number of hydrogen-bond donors (Lipinski definition) is 2. The first kappa shape index (κ1) is 16.4. The van der Waals surface area contributed by atoms with Gasteiger partial charge in [0.1, 0.15) is 11.6 Å². The molecule has 0 heterocycles. The molecule has 1 rings (SSSR count). The van der Waals surface area contributed by atoms with Crippen molar-refractivity contribution in [2.75, 3.05) is 6.61 Å². The van der Waals surface area contributed by atoms with Crippen molar-refractivity contribution in [1.29, 1.82) is 0 Å². The Bertz CT molecular complexity index is 449. The molecule has 4 nitrogen and oxygen atoms in total. The summed E-state index contributed by atoms with van der Waals surface area (Å²) in [7, 11) is 0. The van der Waals surface area contributed by atoms with E-state index in [1.54, 1.807) is 0 Å². The molecule has 0 saturated heterocycles. The van der Waals surface area contributed by atoms with Gasteiger partial charge < -0.3 is 15.2 Å². The van der Waals surface area contributed by atoms with Gasteiger partial charge in [0.05, 0.1) is 6.10 Å². The molecule has 0 saturated carbocycles. The standard InChI is InChI=1S/C15H22FNO3/c1-4-5-10(2)17-15(19)9-20-14-7-6-12(16)8-13(14)11(3)18/h6-8,10-11,18H,4-5,9H2,1-3H3,(H,17,19). The van der Waals surface area contributed by atoms with Gasteiger partial charge in [-0.1, -0.05) is 13.3 Å². The average molecular weight is 283 g/mol. The number of hydrogen-bond acceptors (Lipinski definition) is 3. The summed E-state index contributed by atoms with van der Waals surface area (Å²) in [6.07, 6.45) is 1.04.